The average Bonchev–Trinajstić information content (AvgIpc) is 2.95. The van der Waals surface area contributed by atoms with Crippen molar-refractivity contribution < 1.29 is 10.1 Å². The Morgan fingerprint density at radius 2 is 1.61 bits per heavy atom. The molecule has 4 aromatic rings. The summed E-state index contributed by atoms with van der Waals surface area (Å²) in [5, 5.41) is 12.2. The summed E-state index contributed by atoms with van der Waals surface area (Å²) in [5.41, 5.74) is 3.28. The Morgan fingerprint density at radius 1 is 0.870 bits per heavy atom. The molecule has 106 valence electrons. The van der Waals surface area contributed by atoms with Crippen molar-refractivity contribution in [2.45, 2.75) is 0 Å². The van der Waals surface area contributed by atoms with Gasteiger partial charge in [0.15, 0.2) is 5.52 Å². The molecular weight excluding hydrogens is 412 g/mol. The van der Waals surface area contributed by atoms with Crippen molar-refractivity contribution >= 4 is 60.0 Å². The van der Waals surface area contributed by atoms with Gasteiger partial charge in [-0.15, -0.1) is 0 Å². The van der Waals surface area contributed by atoms with Crippen LogP contribution in [0, 0.1) is 0 Å². The van der Waals surface area contributed by atoms with Crippen molar-refractivity contribution in [3.63, 3.8) is 0 Å². The van der Waals surface area contributed by atoms with Crippen LogP contribution in [0.4, 0.5) is 0 Å². The predicted octanol–water partition coefficient (Wildman–Crippen LogP) is 2.20. The van der Waals surface area contributed by atoms with Crippen LogP contribution in [0.15, 0.2) is 72.9 Å². The minimum absolute atomic E-state index is 0. The van der Waals surface area contributed by atoms with Crippen LogP contribution in [0.25, 0.3) is 28.2 Å². The van der Waals surface area contributed by atoms with Crippen LogP contribution in [-0.2, 0) is 0 Å². The Bertz CT molecular complexity index is 951. The van der Waals surface area contributed by atoms with Crippen molar-refractivity contribution in [2.24, 2.45) is 0 Å². The first-order chi connectivity index (χ1) is 10.8. The monoisotopic (exact) mass is 425 g/mol. The van der Waals surface area contributed by atoms with E-state index in [1.54, 1.807) is 18.3 Å². The third-order valence-electron chi connectivity index (χ3n) is 3.63. The van der Waals surface area contributed by atoms with E-state index in [1.165, 1.54) is 0 Å². The standard InChI is InChI=1S/C18H13N3O.Ba/c22-16-11-5-4-9-14(16)17-20-15-10-6-12-19-18(15)21(17)13-7-2-1-3-8-13;/h1-12,22H;/q;+2. The molecule has 0 unspecified atom stereocenters. The quantitative estimate of drug-likeness (QED) is 0.463. The fourth-order valence-electron chi connectivity index (χ4n) is 2.64. The van der Waals surface area contributed by atoms with E-state index in [0.29, 0.717) is 5.56 Å². The molecular formula is C18H13BaN3O+2. The van der Waals surface area contributed by atoms with Gasteiger partial charge in [0.2, 0.25) is 0 Å². The van der Waals surface area contributed by atoms with Crippen LogP contribution in [0.3, 0.4) is 0 Å². The van der Waals surface area contributed by atoms with Gasteiger partial charge in [-0.2, -0.15) is 4.57 Å². The number of hydrogen-bond donors (Lipinski definition) is 0. The number of aromatic amines is 1. The van der Waals surface area contributed by atoms with E-state index >= 15 is 0 Å². The second-order valence-corrected chi connectivity index (χ2v) is 5.02. The first-order valence-electron chi connectivity index (χ1n) is 7.05. The van der Waals surface area contributed by atoms with Crippen molar-refractivity contribution in [2.75, 3.05) is 0 Å². The minimum atomic E-state index is -0.0151. The second-order valence-electron chi connectivity index (χ2n) is 5.02. The average molecular weight is 425 g/mol. The Balaban J connectivity index is 0.00000156. The minimum Gasteiger partial charge on any atom is -0.872 e. The van der Waals surface area contributed by atoms with E-state index in [9.17, 15) is 5.11 Å². The summed E-state index contributed by atoms with van der Waals surface area (Å²) in [6.07, 6.45) is 1.75. The van der Waals surface area contributed by atoms with Crippen molar-refractivity contribution in [3.05, 3.63) is 72.9 Å². The van der Waals surface area contributed by atoms with E-state index in [4.69, 9.17) is 0 Å². The summed E-state index contributed by atoms with van der Waals surface area (Å²) in [6, 6.07) is 20.7. The van der Waals surface area contributed by atoms with Gasteiger partial charge in [-0.1, -0.05) is 42.1 Å². The van der Waals surface area contributed by atoms with Gasteiger partial charge in [0, 0.05) is 6.20 Å². The number of H-pyrrole nitrogens is 1. The molecule has 0 bridgehead atoms. The molecule has 1 N–H and O–H groups in total. The van der Waals surface area contributed by atoms with Crippen LogP contribution in [0.5, 0.6) is 5.75 Å². The Labute approximate surface area is 173 Å². The normalized spacial score (nSPS) is 10.4. The molecule has 0 spiro atoms. The summed E-state index contributed by atoms with van der Waals surface area (Å²) in [5.74, 6) is 0.726. The molecule has 0 radical (unpaired) electrons. The van der Waals surface area contributed by atoms with Gasteiger partial charge in [0.05, 0.1) is 5.56 Å². The molecule has 0 aliphatic heterocycles. The molecule has 0 saturated heterocycles. The maximum Gasteiger partial charge on any atom is 2.00 e. The fraction of sp³-hybridized carbons (Fsp3) is 0. The number of fused-ring (bicyclic) bond motifs is 1. The van der Waals surface area contributed by atoms with Gasteiger partial charge in [0.25, 0.3) is 11.5 Å². The SMILES string of the molecule is [Ba+2].[O-]c1ccccc1-c1[nH+]c2cccnc2n1-c1ccccc1. The molecule has 5 heteroatoms. The van der Waals surface area contributed by atoms with E-state index in [1.807, 2.05) is 59.2 Å². The van der Waals surface area contributed by atoms with Crippen LogP contribution in [0.2, 0.25) is 0 Å². The first kappa shape index (κ1) is 16.3. The number of nitrogens with one attached hydrogen (secondary N) is 1. The number of nitrogens with zero attached hydrogens (tertiary/aromatic N) is 2. The summed E-state index contributed by atoms with van der Waals surface area (Å²) in [6.45, 7) is 0. The number of imidazole rings is 1. The molecule has 2 aromatic carbocycles. The second kappa shape index (κ2) is 6.90. The summed E-state index contributed by atoms with van der Waals surface area (Å²) >= 11 is 0. The molecule has 0 atom stereocenters. The largest absolute Gasteiger partial charge is 2.00 e. The van der Waals surface area contributed by atoms with E-state index in [2.05, 4.69) is 9.97 Å². The van der Waals surface area contributed by atoms with E-state index in [-0.39, 0.29) is 54.6 Å². The molecule has 2 aromatic heterocycles. The molecule has 0 saturated carbocycles. The smallest absolute Gasteiger partial charge is 0.872 e. The molecule has 23 heavy (non-hydrogen) atoms. The number of aromatic nitrogens is 3. The van der Waals surface area contributed by atoms with Crippen LogP contribution in [-0.4, -0.2) is 58.4 Å². The molecule has 0 aliphatic rings. The molecule has 4 rings (SSSR count). The number of benzene rings is 2. The zero-order chi connectivity index (χ0) is 14.9. The number of para-hydroxylation sites is 2. The Kier molecular flexibility index (Phi) is 4.89. The summed E-state index contributed by atoms with van der Waals surface area (Å²) in [4.78, 5) is 7.78. The van der Waals surface area contributed by atoms with Gasteiger partial charge >= 0.3 is 48.9 Å². The van der Waals surface area contributed by atoms with Gasteiger partial charge in [-0.25, -0.2) is 9.97 Å². The third-order valence-corrected chi connectivity index (χ3v) is 3.63. The van der Waals surface area contributed by atoms with Gasteiger partial charge in [0.1, 0.15) is 5.69 Å². The van der Waals surface area contributed by atoms with Crippen molar-refractivity contribution in [1.29, 1.82) is 0 Å². The number of hydrogen-bond acceptors (Lipinski definition) is 2. The molecule has 0 fully saturated rings. The third kappa shape index (κ3) is 2.96. The van der Waals surface area contributed by atoms with Gasteiger partial charge < -0.3 is 5.11 Å². The number of pyridine rings is 1. The van der Waals surface area contributed by atoms with Crippen LogP contribution >= 0.6 is 0 Å². The maximum atomic E-state index is 12.2. The van der Waals surface area contributed by atoms with Crippen molar-refractivity contribution in [3.8, 4) is 22.8 Å². The van der Waals surface area contributed by atoms with Crippen molar-refractivity contribution in [1.82, 2.24) is 9.55 Å². The fourth-order valence-corrected chi connectivity index (χ4v) is 2.64. The zero-order valence-electron chi connectivity index (χ0n) is 12.4. The molecule has 0 amide bonds. The summed E-state index contributed by atoms with van der Waals surface area (Å²) in [7, 11) is 0. The number of rotatable bonds is 2. The maximum absolute atomic E-state index is 12.2. The zero-order valence-corrected chi connectivity index (χ0v) is 16.9. The van der Waals surface area contributed by atoms with Gasteiger partial charge in [-0.3, -0.25) is 0 Å². The molecule has 0 aliphatic carbocycles. The van der Waals surface area contributed by atoms with Gasteiger partial charge in [-0.05, 0) is 30.3 Å². The topological polar surface area (TPSA) is 55.0 Å². The summed E-state index contributed by atoms with van der Waals surface area (Å²) < 4.78 is 1.98. The van der Waals surface area contributed by atoms with Crippen LogP contribution < -0.4 is 10.1 Å². The van der Waals surface area contributed by atoms with Crippen LogP contribution in [0.1, 0.15) is 0 Å². The Morgan fingerprint density at radius 3 is 2.39 bits per heavy atom. The predicted molar refractivity (Wildman–Crippen MR) is 88.3 cm³/mol. The molecule has 4 nitrogen and oxygen atoms in total. The molecule has 2 heterocycles. The Hall–Kier alpha value is -1.57. The van der Waals surface area contributed by atoms with E-state index < -0.39 is 0 Å². The first-order valence-corrected chi connectivity index (χ1v) is 7.05. The van der Waals surface area contributed by atoms with E-state index in [0.717, 1.165) is 22.7 Å².